The topological polar surface area (TPSA) is 89.0 Å². The molecule has 126 valence electrons. The lowest BCUT2D eigenvalue weighted by Gasteiger charge is -2.40. The van der Waals surface area contributed by atoms with Crippen molar-refractivity contribution in [3.63, 3.8) is 0 Å². The largest absolute Gasteiger partial charge is 0.415 e. The zero-order valence-electron chi connectivity index (χ0n) is 12.8. The van der Waals surface area contributed by atoms with Gasteiger partial charge in [0, 0.05) is 37.4 Å². The number of hydrogen-bond acceptors (Lipinski definition) is 6. The number of amides is 1. The normalized spacial score (nSPS) is 15.7. The summed E-state index contributed by atoms with van der Waals surface area (Å²) >= 11 is 0. The van der Waals surface area contributed by atoms with Gasteiger partial charge in [0.2, 0.25) is 11.8 Å². The van der Waals surface area contributed by atoms with Crippen molar-refractivity contribution >= 4 is 11.6 Å². The highest BCUT2D eigenvalue weighted by Gasteiger charge is 2.47. The van der Waals surface area contributed by atoms with E-state index in [4.69, 9.17) is 0 Å². The maximum absolute atomic E-state index is 12.8. The van der Waals surface area contributed by atoms with E-state index in [-0.39, 0.29) is 17.5 Å². The van der Waals surface area contributed by atoms with E-state index in [0.29, 0.717) is 24.5 Å². The Morgan fingerprint density at radius 1 is 1.38 bits per heavy atom. The van der Waals surface area contributed by atoms with Crippen LogP contribution < -0.4 is 15.4 Å². The smallest absolute Gasteiger partial charge is 0.388 e. The van der Waals surface area contributed by atoms with E-state index >= 15 is 0 Å². The van der Waals surface area contributed by atoms with Crippen molar-refractivity contribution in [2.24, 2.45) is 0 Å². The Labute approximate surface area is 136 Å². The van der Waals surface area contributed by atoms with Gasteiger partial charge in [0.05, 0.1) is 5.69 Å². The first-order valence-corrected chi connectivity index (χ1v) is 7.22. The number of nitrogens with one attached hydrogen (secondary N) is 2. The number of ether oxygens (including phenoxy) is 1. The monoisotopic (exact) mass is 335 g/mol. The molecular formula is C15H15F2N5O2. The molecule has 1 aliphatic rings. The summed E-state index contributed by atoms with van der Waals surface area (Å²) in [7, 11) is 0. The van der Waals surface area contributed by atoms with Gasteiger partial charge in [0.15, 0.2) is 0 Å². The third-order valence-corrected chi connectivity index (χ3v) is 3.79. The van der Waals surface area contributed by atoms with Crippen LogP contribution in [0.2, 0.25) is 0 Å². The van der Waals surface area contributed by atoms with Crippen molar-refractivity contribution < 1.29 is 18.3 Å². The van der Waals surface area contributed by atoms with Crippen LogP contribution in [0.1, 0.15) is 11.4 Å². The molecule has 0 spiro atoms. The molecular weight excluding hydrogens is 320 g/mol. The minimum absolute atomic E-state index is 0.0843. The number of hydrogen-bond donors (Lipinski definition) is 2. The molecule has 3 heterocycles. The van der Waals surface area contributed by atoms with Crippen LogP contribution in [0.25, 0.3) is 0 Å². The number of pyridine rings is 1. The molecule has 7 nitrogen and oxygen atoms in total. The second kappa shape index (κ2) is 6.44. The van der Waals surface area contributed by atoms with Gasteiger partial charge in [-0.15, -0.1) is 0 Å². The number of anilines is 1. The van der Waals surface area contributed by atoms with Crippen LogP contribution in [0.5, 0.6) is 5.88 Å². The lowest BCUT2D eigenvalue weighted by atomic mass is 9.77. The second-order valence-corrected chi connectivity index (χ2v) is 5.41. The Hall–Kier alpha value is -2.68. The fourth-order valence-electron chi connectivity index (χ4n) is 2.42. The molecule has 0 aliphatic carbocycles. The molecule has 0 atom stereocenters. The first kappa shape index (κ1) is 16.2. The molecule has 0 radical (unpaired) electrons. The highest BCUT2D eigenvalue weighted by atomic mass is 19.3. The molecule has 2 aromatic heterocycles. The van der Waals surface area contributed by atoms with Gasteiger partial charge in [-0.3, -0.25) is 14.8 Å². The molecule has 0 saturated carbocycles. The number of carbonyl (C=O) groups is 1. The van der Waals surface area contributed by atoms with Gasteiger partial charge in [-0.2, -0.15) is 8.78 Å². The summed E-state index contributed by atoms with van der Waals surface area (Å²) < 4.78 is 29.5. The predicted molar refractivity (Wildman–Crippen MR) is 80.8 cm³/mol. The second-order valence-electron chi connectivity index (χ2n) is 5.41. The third-order valence-electron chi connectivity index (χ3n) is 3.79. The zero-order chi connectivity index (χ0) is 17.2. The quantitative estimate of drug-likeness (QED) is 0.855. The van der Waals surface area contributed by atoms with Gasteiger partial charge in [-0.05, 0) is 19.1 Å². The number of rotatable bonds is 5. The molecule has 1 fully saturated rings. The summed E-state index contributed by atoms with van der Waals surface area (Å²) in [6.07, 6.45) is 4.53. The number of nitrogens with zero attached hydrogens (tertiary/aromatic N) is 3. The number of halogens is 2. The van der Waals surface area contributed by atoms with Crippen molar-refractivity contribution in [3.8, 4) is 5.88 Å². The van der Waals surface area contributed by atoms with Crippen LogP contribution in [0.3, 0.4) is 0 Å². The molecule has 9 heteroatoms. The van der Waals surface area contributed by atoms with Crippen LogP contribution in [0, 0.1) is 6.92 Å². The van der Waals surface area contributed by atoms with Gasteiger partial charge < -0.3 is 15.4 Å². The number of aryl methyl sites for hydroxylation is 1. The van der Waals surface area contributed by atoms with Crippen molar-refractivity contribution in [1.82, 2.24) is 20.3 Å². The third kappa shape index (κ3) is 3.02. The fraction of sp³-hybridized carbons (Fsp3) is 0.333. The number of alkyl halides is 2. The van der Waals surface area contributed by atoms with Crippen molar-refractivity contribution in [1.29, 1.82) is 0 Å². The minimum atomic E-state index is -3.03. The summed E-state index contributed by atoms with van der Waals surface area (Å²) in [6, 6.07) is 3.08. The van der Waals surface area contributed by atoms with E-state index in [1.807, 2.05) is 0 Å². The Kier molecular flexibility index (Phi) is 4.34. The average Bonchev–Trinajstić information content (AvgIpc) is 2.49. The van der Waals surface area contributed by atoms with E-state index in [9.17, 15) is 13.6 Å². The zero-order valence-corrected chi connectivity index (χ0v) is 12.8. The molecule has 24 heavy (non-hydrogen) atoms. The van der Waals surface area contributed by atoms with E-state index in [0.717, 1.165) is 0 Å². The Bertz CT molecular complexity index is 738. The van der Waals surface area contributed by atoms with Gasteiger partial charge in [-0.1, -0.05) is 0 Å². The fourth-order valence-corrected chi connectivity index (χ4v) is 2.42. The summed E-state index contributed by atoms with van der Waals surface area (Å²) in [6.45, 7) is -0.640. The van der Waals surface area contributed by atoms with Crippen LogP contribution in [-0.2, 0) is 10.2 Å². The first-order chi connectivity index (χ1) is 11.5. The summed E-state index contributed by atoms with van der Waals surface area (Å²) in [5.41, 5.74) is 0.192. The SMILES string of the molecule is Cc1ccc(NC(=O)C2(c3cnccn3)CNC2)c(OC(F)F)n1. The summed E-state index contributed by atoms with van der Waals surface area (Å²) in [5, 5.41) is 5.64. The van der Waals surface area contributed by atoms with Crippen molar-refractivity contribution in [2.75, 3.05) is 18.4 Å². The van der Waals surface area contributed by atoms with Crippen molar-refractivity contribution in [3.05, 3.63) is 42.1 Å². The maximum atomic E-state index is 12.8. The average molecular weight is 335 g/mol. The van der Waals surface area contributed by atoms with Crippen LogP contribution in [0.4, 0.5) is 14.5 Å². The molecule has 3 rings (SSSR count). The molecule has 1 saturated heterocycles. The van der Waals surface area contributed by atoms with Gasteiger partial charge in [0.25, 0.3) is 0 Å². The van der Waals surface area contributed by atoms with Gasteiger partial charge >= 0.3 is 6.61 Å². The lowest BCUT2D eigenvalue weighted by Crippen LogP contribution is -2.63. The number of aromatic nitrogens is 3. The molecule has 1 aliphatic heterocycles. The van der Waals surface area contributed by atoms with Crippen LogP contribution in [0.15, 0.2) is 30.7 Å². The highest BCUT2D eigenvalue weighted by Crippen LogP contribution is 2.31. The van der Waals surface area contributed by atoms with Crippen LogP contribution >= 0.6 is 0 Å². The van der Waals surface area contributed by atoms with E-state index in [1.165, 1.54) is 24.7 Å². The maximum Gasteiger partial charge on any atom is 0.388 e. The Morgan fingerprint density at radius 3 is 2.75 bits per heavy atom. The molecule has 0 aromatic carbocycles. The Morgan fingerprint density at radius 2 is 2.17 bits per heavy atom. The number of carbonyl (C=O) groups excluding carboxylic acids is 1. The van der Waals surface area contributed by atoms with E-state index in [1.54, 1.807) is 13.0 Å². The minimum Gasteiger partial charge on any atom is -0.415 e. The lowest BCUT2D eigenvalue weighted by molar-refractivity contribution is -0.123. The Balaban J connectivity index is 1.87. The van der Waals surface area contributed by atoms with Crippen molar-refractivity contribution in [2.45, 2.75) is 19.0 Å². The van der Waals surface area contributed by atoms with E-state index < -0.39 is 12.0 Å². The van der Waals surface area contributed by atoms with Gasteiger partial charge in [0.1, 0.15) is 11.1 Å². The van der Waals surface area contributed by atoms with Crippen LogP contribution in [-0.4, -0.2) is 40.6 Å². The molecule has 0 unspecified atom stereocenters. The molecule has 2 N–H and O–H groups in total. The predicted octanol–water partition coefficient (Wildman–Crippen LogP) is 1.26. The molecule has 2 aromatic rings. The first-order valence-electron chi connectivity index (χ1n) is 7.22. The standard InChI is InChI=1S/C15H15F2N5O2/c1-9-2-3-10(12(21-9)24-14(16)17)22-13(23)15(7-19-8-15)11-6-18-4-5-20-11/h2-6,14,19H,7-8H2,1H3,(H,22,23). The molecule has 1 amide bonds. The highest BCUT2D eigenvalue weighted by molar-refractivity contribution is 6.00. The van der Waals surface area contributed by atoms with Gasteiger partial charge in [-0.25, -0.2) is 4.98 Å². The summed E-state index contributed by atoms with van der Waals surface area (Å²) in [4.78, 5) is 24.8. The molecule has 0 bridgehead atoms. The van der Waals surface area contributed by atoms with E-state index in [2.05, 4.69) is 30.3 Å². The summed E-state index contributed by atoms with van der Waals surface area (Å²) in [5.74, 6) is -0.702.